The Hall–Kier alpha value is -2.02. The number of rotatable bonds is 15. The van der Waals surface area contributed by atoms with E-state index in [0.29, 0.717) is 26.1 Å². The molecule has 1 fully saturated rings. The first-order chi connectivity index (χ1) is 18.0. The summed E-state index contributed by atoms with van der Waals surface area (Å²) in [6, 6.07) is 7.91. The van der Waals surface area contributed by atoms with Crippen molar-refractivity contribution >= 4 is 35.2 Å². The third kappa shape index (κ3) is 9.05. The summed E-state index contributed by atoms with van der Waals surface area (Å²) in [6.07, 6.45) is 16.1. The Morgan fingerprint density at radius 2 is 1.49 bits per heavy atom. The molecule has 3 rings (SSSR count). The van der Waals surface area contributed by atoms with Crippen LogP contribution in [-0.4, -0.2) is 53.5 Å². The van der Waals surface area contributed by atoms with Crippen LogP contribution in [0.1, 0.15) is 104 Å². The summed E-state index contributed by atoms with van der Waals surface area (Å²) in [5, 5.41) is 2.45. The van der Waals surface area contributed by atoms with Gasteiger partial charge in [-0.1, -0.05) is 83.3 Å². The first-order valence-electron chi connectivity index (χ1n) is 14.7. The fraction of sp³-hybridized carbons (Fsp3) is 0.700. The number of likely N-dealkylation sites (tertiary alicyclic amines) is 1. The van der Waals surface area contributed by atoms with Crippen LogP contribution in [0.25, 0.3) is 0 Å². The highest BCUT2D eigenvalue weighted by atomic mass is 32.2. The zero-order chi connectivity index (χ0) is 26.5. The number of anilines is 1. The third-order valence-electron chi connectivity index (χ3n) is 7.61. The average Bonchev–Trinajstić information content (AvgIpc) is 2.91. The number of thioether (sulfide) groups is 1. The van der Waals surface area contributed by atoms with Crippen LogP contribution in [-0.2, 0) is 14.4 Å². The van der Waals surface area contributed by atoms with Crippen LogP contribution in [0.15, 0.2) is 29.2 Å². The van der Waals surface area contributed by atoms with Gasteiger partial charge in [-0.25, -0.2) is 0 Å². The molecule has 1 N–H and O–H groups in total. The molecule has 0 saturated carbocycles. The lowest BCUT2D eigenvalue weighted by molar-refractivity contribution is -0.135. The van der Waals surface area contributed by atoms with E-state index in [-0.39, 0.29) is 23.8 Å². The molecule has 37 heavy (non-hydrogen) atoms. The number of amides is 3. The molecule has 1 unspecified atom stereocenters. The number of hydrogen-bond donors (Lipinski definition) is 1. The monoisotopic (exact) mass is 529 g/mol. The van der Waals surface area contributed by atoms with Crippen molar-refractivity contribution in [1.82, 2.24) is 10.2 Å². The largest absolute Gasteiger partial charge is 0.353 e. The van der Waals surface area contributed by atoms with Gasteiger partial charge in [0.05, 0.1) is 5.69 Å². The van der Waals surface area contributed by atoms with Crippen LogP contribution in [0.4, 0.5) is 5.69 Å². The van der Waals surface area contributed by atoms with Crippen LogP contribution in [0.3, 0.4) is 0 Å². The smallest absolute Gasteiger partial charge is 0.250 e. The molecule has 1 saturated heterocycles. The summed E-state index contributed by atoms with van der Waals surface area (Å²) in [4.78, 5) is 43.2. The van der Waals surface area contributed by atoms with Crippen LogP contribution < -0.4 is 10.2 Å². The molecule has 6 nitrogen and oxygen atoms in total. The maximum absolute atomic E-state index is 13.3. The van der Waals surface area contributed by atoms with Crippen molar-refractivity contribution in [3.05, 3.63) is 24.3 Å². The molecule has 1 aromatic carbocycles. The molecule has 2 aliphatic heterocycles. The minimum absolute atomic E-state index is 0.103. The number of carbonyl (C=O) groups is 3. The molecule has 2 aliphatic rings. The van der Waals surface area contributed by atoms with Gasteiger partial charge in [-0.3, -0.25) is 14.4 Å². The third-order valence-corrected chi connectivity index (χ3v) is 8.85. The quantitative estimate of drug-likeness (QED) is 0.213. The second-order valence-electron chi connectivity index (χ2n) is 10.5. The second kappa shape index (κ2) is 16.1. The van der Waals surface area contributed by atoms with Crippen molar-refractivity contribution in [1.29, 1.82) is 0 Å². The van der Waals surface area contributed by atoms with E-state index in [2.05, 4.69) is 12.2 Å². The molecule has 3 amide bonds. The summed E-state index contributed by atoms with van der Waals surface area (Å²) >= 11 is 1.37. The maximum atomic E-state index is 13.3. The van der Waals surface area contributed by atoms with Crippen LogP contribution in [0, 0.1) is 0 Å². The van der Waals surface area contributed by atoms with Gasteiger partial charge in [0.1, 0.15) is 0 Å². The summed E-state index contributed by atoms with van der Waals surface area (Å²) in [5.74, 6) is -0.0961. The Balaban J connectivity index is 1.29. The van der Waals surface area contributed by atoms with Gasteiger partial charge in [0.2, 0.25) is 17.7 Å². The molecule has 0 spiro atoms. The van der Waals surface area contributed by atoms with Gasteiger partial charge in [0.15, 0.2) is 5.25 Å². The lowest BCUT2D eigenvalue weighted by Gasteiger charge is -2.37. The highest BCUT2D eigenvalue weighted by Crippen LogP contribution is 2.39. The van der Waals surface area contributed by atoms with Crippen molar-refractivity contribution in [2.45, 2.75) is 120 Å². The van der Waals surface area contributed by atoms with Crippen LogP contribution in [0.2, 0.25) is 0 Å². The van der Waals surface area contributed by atoms with E-state index < -0.39 is 5.25 Å². The fourth-order valence-corrected chi connectivity index (χ4v) is 6.55. The molecule has 206 valence electrons. The Bertz CT molecular complexity index is 869. The first kappa shape index (κ1) is 29.5. The number of piperidine rings is 1. The van der Waals surface area contributed by atoms with E-state index in [1.807, 2.05) is 36.1 Å². The van der Waals surface area contributed by atoms with Crippen molar-refractivity contribution in [2.24, 2.45) is 0 Å². The van der Waals surface area contributed by atoms with Crippen molar-refractivity contribution < 1.29 is 14.4 Å². The Kier molecular flexibility index (Phi) is 12.8. The molecular weight excluding hydrogens is 482 g/mol. The van der Waals surface area contributed by atoms with Gasteiger partial charge in [-0.05, 0) is 38.3 Å². The number of unbranched alkanes of at least 4 members (excludes halogenated alkanes) is 10. The summed E-state index contributed by atoms with van der Waals surface area (Å²) in [6.45, 7) is 5.91. The molecule has 2 heterocycles. The van der Waals surface area contributed by atoms with E-state index in [0.717, 1.165) is 36.3 Å². The van der Waals surface area contributed by atoms with Gasteiger partial charge < -0.3 is 15.1 Å². The Labute approximate surface area is 228 Å². The molecule has 0 aromatic heterocycles. The number of para-hydroxylation sites is 1. The van der Waals surface area contributed by atoms with Gasteiger partial charge in [-0.15, -0.1) is 11.8 Å². The molecule has 0 bridgehead atoms. The lowest BCUT2D eigenvalue weighted by Crippen LogP contribution is -2.53. The van der Waals surface area contributed by atoms with E-state index in [4.69, 9.17) is 0 Å². The Morgan fingerprint density at radius 1 is 0.892 bits per heavy atom. The van der Waals surface area contributed by atoms with E-state index in [1.165, 1.54) is 69.5 Å². The van der Waals surface area contributed by atoms with Gasteiger partial charge in [-0.2, -0.15) is 0 Å². The highest BCUT2D eigenvalue weighted by molar-refractivity contribution is 8.01. The van der Waals surface area contributed by atoms with Crippen molar-refractivity contribution in [3.63, 3.8) is 0 Å². The normalized spacial score (nSPS) is 18.1. The molecular formula is C30H47N3O3S. The van der Waals surface area contributed by atoms with E-state index in [9.17, 15) is 14.4 Å². The highest BCUT2D eigenvalue weighted by Gasteiger charge is 2.40. The molecule has 1 aromatic rings. The first-order valence-corrected chi connectivity index (χ1v) is 15.6. The second-order valence-corrected chi connectivity index (χ2v) is 11.6. The molecule has 7 heteroatoms. The number of benzene rings is 1. The standard InChI is InChI=1S/C30H47N3O3S/c1-3-5-6-7-8-9-10-11-12-13-14-19-27(34)31-24-20-22-32(23-21-24)29(35)28-30(36)33(4-2)25-17-15-16-18-26(25)37-28/h15-18,24,28H,3-14,19-23H2,1-2H3,(H,31,34). The van der Waals surface area contributed by atoms with Gasteiger partial charge >= 0.3 is 0 Å². The number of nitrogens with one attached hydrogen (secondary N) is 1. The minimum Gasteiger partial charge on any atom is -0.353 e. The predicted octanol–water partition coefficient (Wildman–Crippen LogP) is 6.32. The summed E-state index contributed by atoms with van der Waals surface area (Å²) < 4.78 is 0. The fourth-order valence-electron chi connectivity index (χ4n) is 5.36. The van der Waals surface area contributed by atoms with E-state index >= 15 is 0 Å². The van der Waals surface area contributed by atoms with Crippen LogP contribution in [0.5, 0.6) is 0 Å². The number of carbonyl (C=O) groups excluding carboxylic acids is 3. The van der Waals surface area contributed by atoms with E-state index in [1.54, 1.807) is 4.90 Å². The molecule has 0 aliphatic carbocycles. The Morgan fingerprint density at radius 3 is 2.11 bits per heavy atom. The SMILES string of the molecule is CCCCCCCCCCCCCC(=O)NC1CCN(C(=O)C2Sc3ccccc3N(CC)C2=O)CC1. The zero-order valence-corrected chi connectivity index (χ0v) is 23.8. The van der Waals surface area contributed by atoms with Gasteiger partial charge in [0.25, 0.3) is 0 Å². The molecule has 0 radical (unpaired) electrons. The number of nitrogens with zero attached hydrogens (tertiary/aromatic N) is 2. The minimum atomic E-state index is -0.720. The van der Waals surface area contributed by atoms with Crippen LogP contribution >= 0.6 is 11.8 Å². The summed E-state index contributed by atoms with van der Waals surface area (Å²) in [5.41, 5.74) is 0.892. The zero-order valence-electron chi connectivity index (χ0n) is 23.0. The maximum Gasteiger partial charge on any atom is 0.250 e. The average molecular weight is 530 g/mol. The van der Waals surface area contributed by atoms with Crippen molar-refractivity contribution in [2.75, 3.05) is 24.5 Å². The summed E-state index contributed by atoms with van der Waals surface area (Å²) in [7, 11) is 0. The van der Waals surface area contributed by atoms with Crippen molar-refractivity contribution in [3.8, 4) is 0 Å². The lowest BCUT2D eigenvalue weighted by atomic mass is 10.0. The topological polar surface area (TPSA) is 69.7 Å². The number of hydrogen-bond acceptors (Lipinski definition) is 4. The number of fused-ring (bicyclic) bond motifs is 1. The molecule has 1 atom stereocenters. The van der Waals surface area contributed by atoms with Gasteiger partial charge in [0, 0.05) is 37.0 Å². The predicted molar refractivity (Wildman–Crippen MR) is 153 cm³/mol.